The van der Waals surface area contributed by atoms with Crippen molar-refractivity contribution < 1.29 is 4.74 Å². The molecule has 0 aliphatic carbocycles. The third kappa shape index (κ3) is 5.77. The smallest absolute Gasteiger partial charge is 0.0717 e. The van der Waals surface area contributed by atoms with Crippen LogP contribution in [0.5, 0.6) is 0 Å². The Balaban J connectivity index is 1.68. The molecule has 1 N–H and O–H groups in total. The van der Waals surface area contributed by atoms with Crippen LogP contribution < -0.4 is 5.32 Å². The summed E-state index contributed by atoms with van der Waals surface area (Å²) in [6.07, 6.45) is 5.06. The molecule has 3 nitrogen and oxygen atoms in total. The molecule has 0 bridgehead atoms. The summed E-state index contributed by atoms with van der Waals surface area (Å²) in [4.78, 5) is 2.44. The van der Waals surface area contributed by atoms with Crippen molar-refractivity contribution in [2.45, 2.75) is 45.3 Å². The summed E-state index contributed by atoms with van der Waals surface area (Å²) in [5.74, 6) is 0. The predicted molar refractivity (Wildman–Crippen MR) is 88.6 cm³/mol. The molecular weight excluding hydrogens is 260 g/mol. The number of nitrogens with one attached hydrogen (secondary N) is 1. The Labute approximate surface area is 129 Å². The molecule has 3 heteroatoms. The van der Waals surface area contributed by atoms with E-state index in [4.69, 9.17) is 4.74 Å². The van der Waals surface area contributed by atoms with E-state index < -0.39 is 0 Å². The Morgan fingerprint density at radius 1 is 1.19 bits per heavy atom. The van der Waals surface area contributed by atoms with Crippen molar-refractivity contribution >= 4 is 0 Å². The highest BCUT2D eigenvalue weighted by atomic mass is 16.5. The van der Waals surface area contributed by atoms with Crippen LogP contribution in [-0.2, 0) is 17.8 Å². The number of nitrogens with zero attached hydrogens (tertiary/aromatic N) is 1. The molecule has 1 saturated heterocycles. The molecular formula is C18H30N2O. The molecule has 0 radical (unpaired) electrons. The topological polar surface area (TPSA) is 24.5 Å². The largest absolute Gasteiger partial charge is 0.375 e. The van der Waals surface area contributed by atoms with Crippen molar-refractivity contribution in [3.63, 3.8) is 0 Å². The lowest BCUT2D eigenvalue weighted by atomic mass is 10.0. The van der Waals surface area contributed by atoms with Gasteiger partial charge in [0.25, 0.3) is 0 Å². The molecule has 1 aliphatic rings. The molecule has 1 atom stereocenters. The van der Waals surface area contributed by atoms with Gasteiger partial charge in [-0.25, -0.2) is 0 Å². The van der Waals surface area contributed by atoms with Crippen LogP contribution in [-0.4, -0.2) is 44.2 Å². The number of rotatable bonds is 8. The number of piperidine rings is 1. The Hall–Kier alpha value is -0.900. The van der Waals surface area contributed by atoms with E-state index in [-0.39, 0.29) is 0 Å². The monoisotopic (exact) mass is 290 g/mol. The molecule has 21 heavy (non-hydrogen) atoms. The van der Waals surface area contributed by atoms with Crippen LogP contribution in [0.3, 0.4) is 0 Å². The Bertz CT molecular complexity index is 391. The van der Waals surface area contributed by atoms with E-state index in [1.807, 2.05) is 0 Å². The normalized spacial score (nSPS) is 19.8. The van der Waals surface area contributed by atoms with E-state index >= 15 is 0 Å². The molecule has 2 rings (SSSR count). The first-order valence-electron chi connectivity index (χ1n) is 8.36. The van der Waals surface area contributed by atoms with Gasteiger partial charge in [0, 0.05) is 6.04 Å². The standard InChI is InChI=1S/C18H30N2O/c1-3-19-12-11-16-7-9-17(10-8-16)14-21-15-18-6-4-5-13-20(18)2/h7-10,18-19H,3-6,11-15H2,1-2H3. The van der Waals surface area contributed by atoms with Gasteiger partial charge in [0.2, 0.25) is 0 Å². The van der Waals surface area contributed by atoms with Gasteiger partial charge in [0.05, 0.1) is 13.2 Å². The number of likely N-dealkylation sites (N-methyl/N-ethyl adjacent to an activating group) is 2. The van der Waals surface area contributed by atoms with Crippen molar-refractivity contribution in [2.24, 2.45) is 0 Å². The summed E-state index contributed by atoms with van der Waals surface area (Å²) in [7, 11) is 2.21. The third-order valence-corrected chi connectivity index (χ3v) is 4.36. The van der Waals surface area contributed by atoms with Crippen molar-refractivity contribution in [1.82, 2.24) is 10.2 Å². The van der Waals surface area contributed by atoms with E-state index in [1.54, 1.807) is 0 Å². The van der Waals surface area contributed by atoms with Gasteiger partial charge < -0.3 is 15.0 Å². The Morgan fingerprint density at radius 3 is 2.67 bits per heavy atom. The zero-order valence-electron chi connectivity index (χ0n) is 13.6. The van der Waals surface area contributed by atoms with E-state index in [0.717, 1.165) is 32.7 Å². The van der Waals surface area contributed by atoms with Crippen LogP contribution in [0.15, 0.2) is 24.3 Å². The summed E-state index contributed by atoms with van der Waals surface area (Å²) in [6, 6.07) is 9.46. The third-order valence-electron chi connectivity index (χ3n) is 4.36. The van der Waals surface area contributed by atoms with E-state index in [2.05, 4.69) is 48.5 Å². The van der Waals surface area contributed by atoms with Crippen molar-refractivity contribution in [2.75, 3.05) is 33.3 Å². The zero-order chi connectivity index (χ0) is 14.9. The fraction of sp³-hybridized carbons (Fsp3) is 0.667. The second kappa shape index (κ2) is 9.19. The molecule has 1 aromatic carbocycles. The molecule has 1 unspecified atom stereocenters. The average molecular weight is 290 g/mol. The van der Waals surface area contributed by atoms with Crippen LogP contribution in [0, 0.1) is 0 Å². The summed E-state index contributed by atoms with van der Waals surface area (Å²) >= 11 is 0. The lowest BCUT2D eigenvalue weighted by molar-refractivity contribution is 0.0444. The summed E-state index contributed by atoms with van der Waals surface area (Å²) in [6.45, 7) is 7.05. The molecule has 1 heterocycles. The molecule has 0 saturated carbocycles. The molecule has 0 spiro atoms. The van der Waals surface area contributed by atoms with Crippen LogP contribution in [0.25, 0.3) is 0 Å². The van der Waals surface area contributed by atoms with E-state index in [0.29, 0.717) is 6.04 Å². The maximum absolute atomic E-state index is 5.91. The second-order valence-corrected chi connectivity index (χ2v) is 6.07. The van der Waals surface area contributed by atoms with Gasteiger partial charge in [0.1, 0.15) is 0 Å². The van der Waals surface area contributed by atoms with Gasteiger partial charge in [-0.2, -0.15) is 0 Å². The van der Waals surface area contributed by atoms with E-state index in [9.17, 15) is 0 Å². The van der Waals surface area contributed by atoms with Crippen LogP contribution >= 0.6 is 0 Å². The first-order chi connectivity index (χ1) is 10.3. The minimum Gasteiger partial charge on any atom is -0.375 e. The van der Waals surface area contributed by atoms with Gasteiger partial charge >= 0.3 is 0 Å². The number of likely N-dealkylation sites (tertiary alicyclic amines) is 1. The van der Waals surface area contributed by atoms with Crippen molar-refractivity contribution in [1.29, 1.82) is 0 Å². The fourth-order valence-corrected chi connectivity index (χ4v) is 2.88. The van der Waals surface area contributed by atoms with Crippen LogP contribution in [0.2, 0.25) is 0 Å². The second-order valence-electron chi connectivity index (χ2n) is 6.07. The van der Waals surface area contributed by atoms with Gasteiger partial charge in [0.15, 0.2) is 0 Å². The summed E-state index contributed by atoms with van der Waals surface area (Å²) in [5.41, 5.74) is 2.67. The summed E-state index contributed by atoms with van der Waals surface area (Å²) < 4.78 is 5.91. The highest BCUT2D eigenvalue weighted by Gasteiger charge is 2.18. The number of ether oxygens (including phenoxy) is 1. The number of hydrogen-bond acceptors (Lipinski definition) is 3. The first kappa shape index (κ1) is 16.5. The Kier molecular flexibility index (Phi) is 7.20. The van der Waals surface area contributed by atoms with Crippen LogP contribution in [0.4, 0.5) is 0 Å². The maximum Gasteiger partial charge on any atom is 0.0717 e. The van der Waals surface area contributed by atoms with Gasteiger partial charge in [-0.05, 0) is 57.1 Å². The van der Waals surface area contributed by atoms with Gasteiger partial charge in [-0.3, -0.25) is 0 Å². The predicted octanol–water partition coefficient (Wildman–Crippen LogP) is 2.84. The first-order valence-corrected chi connectivity index (χ1v) is 8.36. The maximum atomic E-state index is 5.91. The van der Waals surface area contributed by atoms with Crippen molar-refractivity contribution in [3.8, 4) is 0 Å². The number of hydrogen-bond donors (Lipinski definition) is 1. The lowest BCUT2D eigenvalue weighted by Crippen LogP contribution is -2.39. The molecule has 0 amide bonds. The summed E-state index contributed by atoms with van der Waals surface area (Å²) in [5, 5.41) is 3.36. The highest BCUT2D eigenvalue weighted by Crippen LogP contribution is 2.15. The van der Waals surface area contributed by atoms with Crippen molar-refractivity contribution in [3.05, 3.63) is 35.4 Å². The highest BCUT2D eigenvalue weighted by molar-refractivity contribution is 5.22. The van der Waals surface area contributed by atoms with Crippen LogP contribution in [0.1, 0.15) is 37.3 Å². The molecule has 1 aliphatic heterocycles. The molecule has 0 aromatic heterocycles. The minimum atomic E-state index is 0.609. The Morgan fingerprint density at radius 2 is 1.95 bits per heavy atom. The lowest BCUT2D eigenvalue weighted by Gasteiger charge is -2.32. The van der Waals surface area contributed by atoms with Gasteiger partial charge in [-0.1, -0.05) is 37.6 Å². The van der Waals surface area contributed by atoms with E-state index in [1.165, 1.54) is 36.9 Å². The molecule has 118 valence electrons. The quantitative estimate of drug-likeness (QED) is 0.745. The molecule has 1 aromatic rings. The average Bonchev–Trinajstić information content (AvgIpc) is 2.51. The molecule has 1 fully saturated rings. The number of benzene rings is 1. The fourth-order valence-electron chi connectivity index (χ4n) is 2.88. The van der Waals surface area contributed by atoms with Gasteiger partial charge in [-0.15, -0.1) is 0 Å². The zero-order valence-corrected chi connectivity index (χ0v) is 13.6. The SMILES string of the molecule is CCNCCc1ccc(COCC2CCCCN2C)cc1. The minimum absolute atomic E-state index is 0.609.